The molecule has 1 unspecified atom stereocenters. The molecule has 136 valence electrons. The summed E-state index contributed by atoms with van der Waals surface area (Å²) in [5.41, 5.74) is 6.37. The third-order valence-electron chi connectivity index (χ3n) is 4.73. The molecule has 8 heteroatoms. The standard InChI is InChI=1S/C17H21BrN4O2.ClH/c1-11(19)12-4-6-21(7-5-12)16(23)9-22-10-20-15-3-2-13(18)8-14(15)17(22)24;/h2-3,8,10-12H,4-7,9,19H2,1H3;1H. The molecule has 2 N–H and O–H groups in total. The first kappa shape index (κ1) is 19.9. The first-order chi connectivity index (χ1) is 11.5. The highest BCUT2D eigenvalue weighted by atomic mass is 79.9. The lowest BCUT2D eigenvalue weighted by atomic mass is 9.91. The van der Waals surface area contributed by atoms with Crippen molar-refractivity contribution in [3.8, 4) is 0 Å². The van der Waals surface area contributed by atoms with Gasteiger partial charge in [-0.3, -0.25) is 14.2 Å². The normalized spacial score (nSPS) is 16.5. The second kappa shape index (κ2) is 8.29. The summed E-state index contributed by atoms with van der Waals surface area (Å²) in [5, 5.41) is 0.510. The Morgan fingerprint density at radius 2 is 2.08 bits per heavy atom. The fourth-order valence-corrected chi connectivity index (χ4v) is 3.53. The first-order valence-corrected chi connectivity index (χ1v) is 8.93. The van der Waals surface area contributed by atoms with Crippen LogP contribution in [0.25, 0.3) is 10.9 Å². The molecule has 0 bridgehead atoms. The molecule has 2 heterocycles. The molecule has 1 amide bonds. The van der Waals surface area contributed by atoms with Crippen LogP contribution in [0, 0.1) is 5.92 Å². The number of amides is 1. The Labute approximate surface area is 160 Å². The van der Waals surface area contributed by atoms with Crippen LogP contribution in [-0.4, -0.2) is 39.5 Å². The second-order valence-electron chi connectivity index (χ2n) is 6.42. The summed E-state index contributed by atoms with van der Waals surface area (Å²) in [7, 11) is 0. The van der Waals surface area contributed by atoms with E-state index in [9.17, 15) is 9.59 Å². The Kier molecular flexibility index (Phi) is 6.59. The SMILES string of the molecule is CC(N)C1CCN(C(=O)Cn2cnc3ccc(Br)cc3c2=O)CC1.Cl. The van der Waals surface area contributed by atoms with Crippen LogP contribution >= 0.6 is 28.3 Å². The predicted molar refractivity (Wildman–Crippen MR) is 104 cm³/mol. The monoisotopic (exact) mass is 428 g/mol. The number of carbonyl (C=O) groups is 1. The maximum Gasteiger partial charge on any atom is 0.261 e. The van der Waals surface area contributed by atoms with Crippen molar-refractivity contribution < 1.29 is 4.79 Å². The number of hydrogen-bond donors (Lipinski definition) is 1. The average molecular weight is 430 g/mol. The van der Waals surface area contributed by atoms with Gasteiger partial charge in [-0.25, -0.2) is 4.98 Å². The van der Waals surface area contributed by atoms with Crippen molar-refractivity contribution >= 4 is 45.1 Å². The fraction of sp³-hybridized carbons (Fsp3) is 0.471. The molecule has 25 heavy (non-hydrogen) atoms. The van der Waals surface area contributed by atoms with Crippen molar-refractivity contribution in [2.45, 2.75) is 32.4 Å². The minimum Gasteiger partial charge on any atom is -0.341 e. The summed E-state index contributed by atoms with van der Waals surface area (Å²) in [6.45, 7) is 3.44. The largest absolute Gasteiger partial charge is 0.341 e. The minimum absolute atomic E-state index is 0. The van der Waals surface area contributed by atoms with Gasteiger partial charge in [0.2, 0.25) is 5.91 Å². The van der Waals surface area contributed by atoms with Crippen LogP contribution < -0.4 is 11.3 Å². The van der Waals surface area contributed by atoms with Gasteiger partial charge in [0.1, 0.15) is 6.54 Å². The van der Waals surface area contributed by atoms with E-state index in [4.69, 9.17) is 5.73 Å². The summed E-state index contributed by atoms with van der Waals surface area (Å²) in [5.74, 6) is 0.424. The maximum atomic E-state index is 12.6. The number of aromatic nitrogens is 2. The van der Waals surface area contributed by atoms with Gasteiger partial charge in [-0.1, -0.05) is 15.9 Å². The van der Waals surface area contributed by atoms with Crippen LogP contribution in [0.5, 0.6) is 0 Å². The van der Waals surface area contributed by atoms with E-state index in [1.54, 1.807) is 12.1 Å². The molecule has 0 spiro atoms. The second-order valence-corrected chi connectivity index (χ2v) is 7.33. The molecule has 1 atom stereocenters. The molecule has 1 aromatic carbocycles. The lowest BCUT2D eigenvalue weighted by Gasteiger charge is -2.33. The fourth-order valence-electron chi connectivity index (χ4n) is 3.16. The quantitative estimate of drug-likeness (QED) is 0.811. The number of carbonyl (C=O) groups excluding carboxylic acids is 1. The van der Waals surface area contributed by atoms with E-state index in [1.165, 1.54) is 10.9 Å². The molecule has 1 aromatic heterocycles. The molecule has 2 aromatic rings. The zero-order chi connectivity index (χ0) is 17.3. The Balaban J connectivity index is 0.00000225. The van der Waals surface area contributed by atoms with E-state index in [0.717, 1.165) is 17.3 Å². The van der Waals surface area contributed by atoms with Gasteiger partial charge in [0.25, 0.3) is 5.56 Å². The van der Waals surface area contributed by atoms with Gasteiger partial charge in [-0.15, -0.1) is 12.4 Å². The molecular weight excluding hydrogens is 408 g/mol. The van der Waals surface area contributed by atoms with E-state index >= 15 is 0 Å². The Morgan fingerprint density at radius 3 is 2.72 bits per heavy atom. The number of benzene rings is 1. The third kappa shape index (κ3) is 4.40. The van der Waals surface area contributed by atoms with Crippen molar-refractivity contribution in [3.63, 3.8) is 0 Å². The molecular formula is C17H22BrClN4O2. The summed E-state index contributed by atoms with van der Waals surface area (Å²) in [6, 6.07) is 5.52. The van der Waals surface area contributed by atoms with Crippen LogP contribution in [-0.2, 0) is 11.3 Å². The van der Waals surface area contributed by atoms with Gasteiger partial charge in [-0.2, -0.15) is 0 Å². The predicted octanol–water partition coefficient (Wildman–Crippen LogP) is 2.17. The highest BCUT2D eigenvalue weighted by Crippen LogP contribution is 2.20. The van der Waals surface area contributed by atoms with Gasteiger partial charge >= 0.3 is 0 Å². The molecule has 0 saturated carbocycles. The summed E-state index contributed by atoms with van der Waals surface area (Å²) < 4.78 is 2.20. The zero-order valence-corrected chi connectivity index (χ0v) is 16.4. The summed E-state index contributed by atoms with van der Waals surface area (Å²) in [4.78, 5) is 31.1. The highest BCUT2D eigenvalue weighted by Gasteiger charge is 2.25. The highest BCUT2D eigenvalue weighted by molar-refractivity contribution is 9.10. The number of fused-ring (bicyclic) bond motifs is 1. The molecule has 1 aliphatic heterocycles. The van der Waals surface area contributed by atoms with Gasteiger partial charge < -0.3 is 10.6 Å². The molecule has 1 fully saturated rings. The molecule has 1 aliphatic rings. The maximum absolute atomic E-state index is 12.6. The van der Waals surface area contributed by atoms with Crippen LogP contribution in [0.4, 0.5) is 0 Å². The molecule has 0 radical (unpaired) electrons. The number of hydrogen-bond acceptors (Lipinski definition) is 4. The Bertz CT molecular complexity index is 816. The Hall–Kier alpha value is -1.44. The van der Waals surface area contributed by atoms with Crippen LogP contribution in [0.3, 0.4) is 0 Å². The van der Waals surface area contributed by atoms with Gasteiger partial charge in [0, 0.05) is 23.6 Å². The van der Waals surface area contributed by atoms with E-state index in [1.807, 2.05) is 17.9 Å². The van der Waals surface area contributed by atoms with Gasteiger partial charge in [-0.05, 0) is 43.9 Å². The van der Waals surface area contributed by atoms with E-state index < -0.39 is 0 Å². The van der Waals surface area contributed by atoms with E-state index in [-0.39, 0.29) is 36.5 Å². The zero-order valence-electron chi connectivity index (χ0n) is 14.0. The van der Waals surface area contributed by atoms with Crippen molar-refractivity contribution in [2.24, 2.45) is 11.7 Å². The summed E-state index contributed by atoms with van der Waals surface area (Å²) >= 11 is 3.36. The number of nitrogens with zero attached hydrogens (tertiary/aromatic N) is 3. The molecule has 1 saturated heterocycles. The summed E-state index contributed by atoms with van der Waals surface area (Å²) in [6.07, 6.45) is 3.29. The lowest BCUT2D eigenvalue weighted by molar-refractivity contribution is -0.133. The molecule has 6 nitrogen and oxygen atoms in total. The van der Waals surface area contributed by atoms with Crippen molar-refractivity contribution in [3.05, 3.63) is 39.4 Å². The molecule has 0 aliphatic carbocycles. The van der Waals surface area contributed by atoms with Gasteiger partial charge in [0.05, 0.1) is 17.2 Å². The van der Waals surface area contributed by atoms with Crippen LogP contribution in [0.15, 0.2) is 33.8 Å². The average Bonchev–Trinajstić information content (AvgIpc) is 2.58. The smallest absolute Gasteiger partial charge is 0.261 e. The Morgan fingerprint density at radius 1 is 1.40 bits per heavy atom. The van der Waals surface area contributed by atoms with Crippen molar-refractivity contribution in [2.75, 3.05) is 13.1 Å². The number of likely N-dealkylation sites (tertiary alicyclic amines) is 1. The third-order valence-corrected chi connectivity index (χ3v) is 5.22. The molecule has 3 rings (SSSR count). The minimum atomic E-state index is -0.194. The number of nitrogens with two attached hydrogens (primary N) is 1. The van der Waals surface area contributed by atoms with Crippen LogP contribution in [0.1, 0.15) is 19.8 Å². The van der Waals surface area contributed by atoms with Crippen molar-refractivity contribution in [1.29, 1.82) is 0 Å². The van der Waals surface area contributed by atoms with E-state index in [0.29, 0.717) is 29.9 Å². The topological polar surface area (TPSA) is 81.2 Å². The van der Waals surface area contributed by atoms with E-state index in [2.05, 4.69) is 20.9 Å². The van der Waals surface area contributed by atoms with Crippen molar-refractivity contribution in [1.82, 2.24) is 14.5 Å². The van der Waals surface area contributed by atoms with Gasteiger partial charge in [0.15, 0.2) is 0 Å². The van der Waals surface area contributed by atoms with Crippen LogP contribution in [0.2, 0.25) is 0 Å². The number of halogens is 2. The lowest BCUT2D eigenvalue weighted by Crippen LogP contribution is -2.44. The number of rotatable bonds is 3. The number of piperidine rings is 1. The first-order valence-electron chi connectivity index (χ1n) is 8.14.